The van der Waals surface area contributed by atoms with Crippen LogP contribution in [0.4, 0.5) is 8.78 Å². The Balaban J connectivity index is 2.46. The van der Waals surface area contributed by atoms with E-state index in [0.717, 1.165) is 6.07 Å². The normalized spacial score (nSPS) is 12.8. The summed E-state index contributed by atoms with van der Waals surface area (Å²) in [6, 6.07) is 4.97. The van der Waals surface area contributed by atoms with Gasteiger partial charge in [-0.25, -0.2) is 8.78 Å². The van der Waals surface area contributed by atoms with Gasteiger partial charge in [-0.05, 0) is 23.7 Å². The first-order valence-electron chi connectivity index (χ1n) is 4.46. The quantitative estimate of drug-likeness (QED) is 0.879. The Morgan fingerprint density at radius 1 is 1.19 bits per heavy atom. The minimum absolute atomic E-state index is 0.0452. The summed E-state index contributed by atoms with van der Waals surface area (Å²) in [6.45, 7) is 0. The van der Waals surface area contributed by atoms with Gasteiger partial charge in [0.2, 0.25) is 0 Å². The molecule has 1 aromatic carbocycles. The number of hydrogen-bond donors (Lipinski definition) is 1. The largest absolute Gasteiger partial charge is 0.453 e. The highest BCUT2D eigenvalue weighted by atomic mass is 35.5. The van der Waals surface area contributed by atoms with Crippen LogP contribution in [0.3, 0.4) is 0 Å². The number of halogens is 3. The second-order valence-electron chi connectivity index (χ2n) is 3.20. The molecule has 16 heavy (non-hydrogen) atoms. The van der Waals surface area contributed by atoms with Gasteiger partial charge in [0, 0.05) is 11.1 Å². The lowest BCUT2D eigenvalue weighted by Gasteiger charge is -2.10. The third-order valence-electron chi connectivity index (χ3n) is 2.22. The summed E-state index contributed by atoms with van der Waals surface area (Å²) in [5.74, 6) is -2.11. The molecule has 1 heterocycles. The highest BCUT2D eigenvalue weighted by Crippen LogP contribution is 2.30. The van der Waals surface area contributed by atoms with Crippen molar-refractivity contribution in [2.24, 2.45) is 0 Å². The third-order valence-corrected chi connectivity index (χ3v) is 2.52. The molecule has 2 aromatic rings. The number of benzene rings is 1. The zero-order valence-electron chi connectivity index (χ0n) is 7.95. The number of hydrogen-bond acceptors (Lipinski definition) is 2. The summed E-state index contributed by atoms with van der Waals surface area (Å²) < 4.78 is 31.1. The van der Waals surface area contributed by atoms with Crippen LogP contribution in [0.5, 0.6) is 0 Å². The molecule has 2 rings (SSSR count). The Bertz CT molecular complexity index is 510. The Kier molecular flexibility index (Phi) is 2.94. The van der Waals surface area contributed by atoms with E-state index in [0.29, 0.717) is 0 Å². The maximum atomic E-state index is 13.4. The Morgan fingerprint density at radius 3 is 2.56 bits per heavy atom. The van der Waals surface area contributed by atoms with E-state index in [2.05, 4.69) is 0 Å². The van der Waals surface area contributed by atoms with E-state index < -0.39 is 17.7 Å². The van der Waals surface area contributed by atoms with E-state index in [9.17, 15) is 13.9 Å². The molecule has 0 radical (unpaired) electrons. The van der Waals surface area contributed by atoms with Crippen molar-refractivity contribution < 1.29 is 18.3 Å². The molecule has 2 nitrogen and oxygen atoms in total. The molecule has 84 valence electrons. The number of aliphatic hydroxyl groups excluding tert-OH is 1. The van der Waals surface area contributed by atoms with Crippen molar-refractivity contribution in [2.45, 2.75) is 6.10 Å². The molecule has 0 bridgehead atoms. The van der Waals surface area contributed by atoms with Crippen molar-refractivity contribution in [3.63, 3.8) is 0 Å². The van der Waals surface area contributed by atoms with Gasteiger partial charge in [0.15, 0.2) is 16.9 Å². The molecular formula is C11H7ClF2O2. The van der Waals surface area contributed by atoms with Crippen molar-refractivity contribution in [1.82, 2.24) is 0 Å². The predicted molar refractivity (Wildman–Crippen MR) is 54.1 cm³/mol. The predicted octanol–water partition coefficient (Wildman–Crippen LogP) is 3.29. The lowest BCUT2D eigenvalue weighted by molar-refractivity contribution is 0.212. The molecule has 1 N–H and O–H groups in total. The molecule has 0 spiro atoms. The fourth-order valence-electron chi connectivity index (χ4n) is 1.40. The van der Waals surface area contributed by atoms with Crippen LogP contribution in [-0.4, -0.2) is 5.11 Å². The monoisotopic (exact) mass is 244 g/mol. The summed E-state index contributed by atoms with van der Waals surface area (Å²) in [5.41, 5.74) is 0.0227. The second kappa shape index (κ2) is 4.23. The van der Waals surface area contributed by atoms with E-state index in [-0.39, 0.29) is 16.3 Å². The van der Waals surface area contributed by atoms with Crippen LogP contribution < -0.4 is 0 Å². The van der Waals surface area contributed by atoms with Crippen molar-refractivity contribution >= 4 is 11.6 Å². The summed E-state index contributed by atoms with van der Waals surface area (Å²) in [5, 5.41) is 9.77. The first-order chi connectivity index (χ1) is 7.61. The van der Waals surface area contributed by atoms with Gasteiger partial charge in [-0.1, -0.05) is 12.1 Å². The van der Waals surface area contributed by atoms with Crippen LogP contribution >= 0.6 is 11.6 Å². The molecule has 1 atom stereocenters. The molecule has 0 saturated carbocycles. The highest BCUT2D eigenvalue weighted by Gasteiger charge is 2.21. The van der Waals surface area contributed by atoms with Gasteiger partial charge in [0.1, 0.15) is 6.10 Å². The number of furan rings is 1. The molecule has 0 aliphatic carbocycles. The average Bonchev–Trinajstić information content (AvgIpc) is 2.68. The van der Waals surface area contributed by atoms with E-state index in [1.807, 2.05) is 0 Å². The van der Waals surface area contributed by atoms with Crippen LogP contribution in [0.2, 0.25) is 5.22 Å². The zero-order valence-corrected chi connectivity index (χ0v) is 8.71. The topological polar surface area (TPSA) is 33.4 Å². The second-order valence-corrected chi connectivity index (χ2v) is 3.54. The lowest BCUT2D eigenvalue weighted by Crippen LogP contribution is -2.03. The zero-order chi connectivity index (χ0) is 11.7. The van der Waals surface area contributed by atoms with Gasteiger partial charge in [0.05, 0.1) is 6.26 Å². The van der Waals surface area contributed by atoms with Gasteiger partial charge in [0.25, 0.3) is 0 Å². The van der Waals surface area contributed by atoms with E-state index in [1.165, 1.54) is 24.5 Å². The first kappa shape index (κ1) is 11.1. The van der Waals surface area contributed by atoms with Gasteiger partial charge in [-0.3, -0.25) is 0 Å². The summed E-state index contributed by atoms with van der Waals surface area (Å²) in [7, 11) is 0. The lowest BCUT2D eigenvalue weighted by atomic mass is 10.0. The molecule has 1 unspecified atom stereocenters. The van der Waals surface area contributed by atoms with E-state index in [4.69, 9.17) is 16.0 Å². The van der Waals surface area contributed by atoms with E-state index >= 15 is 0 Å². The van der Waals surface area contributed by atoms with Crippen molar-refractivity contribution in [3.8, 4) is 0 Å². The molecular weight excluding hydrogens is 238 g/mol. The van der Waals surface area contributed by atoms with Crippen molar-refractivity contribution in [3.05, 3.63) is 58.5 Å². The van der Waals surface area contributed by atoms with Crippen molar-refractivity contribution in [1.29, 1.82) is 0 Å². The fraction of sp³-hybridized carbons (Fsp3) is 0.0909. The molecule has 0 aliphatic heterocycles. The Labute approximate surface area is 95.1 Å². The van der Waals surface area contributed by atoms with Crippen LogP contribution in [0.1, 0.15) is 17.2 Å². The van der Waals surface area contributed by atoms with Gasteiger partial charge < -0.3 is 9.52 Å². The van der Waals surface area contributed by atoms with Crippen LogP contribution in [0.15, 0.2) is 34.9 Å². The SMILES string of the molecule is OC(c1ccoc1Cl)c1cccc(F)c1F. The molecule has 0 aliphatic rings. The van der Waals surface area contributed by atoms with Crippen LogP contribution in [-0.2, 0) is 0 Å². The summed E-state index contributed by atoms with van der Waals surface area (Å²) >= 11 is 5.63. The standard InChI is InChI=1S/C11H7ClF2O2/c12-11-7(4-5-16-11)10(15)6-2-1-3-8(13)9(6)14/h1-5,10,15H. The molecule has 1 aromatic heterocycles. The van der Waals surface area contributed by atoms with E-state index in [1.54, 1.807) is 0 Å². The average molecular weight is 245 g/mol. The Hall–Kier alpha value is -1.39. The number of aliphatic hydroxyl groups is 1. The minimum Gasteiger partial charge on any atom is -0.453 e. The molecule has 0 saturated heterocycles. The van der Waals surface area contributed by atoms with Gasteiger partial charge in [-0.15, -0.1) is 0 Å². The minimum atomic E-state index is -1.35. The molecule has 0 fully saturated rings. The first-order valence-corrected chi connectivity index (χ1v) is 4.84. The third kappa shape index (κ3) is 1.81. The molecule has 5 heteroatoms. The van der Waals surface area contributed by atoms with Gasteiger partial charge >= 0.3 is 0 Å². The Morgan fingerprint density at radius 2 is 1.94 bits per heavy atom. The highest BCUT2D eigenvalue weighted by molar-refractivity contribution is 6.29. The molecule has 0 amide bonds. The smallest absolute Gasteiger partial charge is 0.199 e. The maximum Gasteiger partial charge on any atom is 0.199 e. The van der Waals surface area contributed by atoms with Crippen molar-refractivity contribution in [2.75, 3.05) is 0 Å². The number of rotatable bonds is 2. The van der Waals surface area contributed by atoms with Gasteiger partial charge in [-0.2, -0.15) is 0 Å². The fourth-order valence-corrected chi connectivity index (χ4v) is 1.62. The summed E-state index contributed by atoms with van der Waals surface area (Å²) in [4.78, 5) is 0. The van der Waals surface area contributed by atoms with Crippen LogP contribution in [0.25, 0.3) is 0 Å². The summed E-state index contributed by atoms with van der Waals surface area (Å²) in [6.07, 6.45) is -0.0834. The maximum absolute atomic E-state index is 13.4. The van der Waals surface area contributed by atoms with Crippen LogP contribution in [0, 0.1) is 11.6 Å².